The van der Waals surface area contributed by atoms with Crippen molar-refractivity contribution in [3.63, 3.8) is 0 Å². The van der Waals surface area contributed by atoms with Crippen LogP contribution in [0.5, 0.6) is 0 Å². The molecule has 0 bridgehead atoms. The second-order valence-electron chi connectivity index (χ2n) is 6.41. The number of imidazole rings is 1. The number of hydrogen-bond donors (Lipinski definition) is 0. The summed E-state index contributed by atoms with van der Waals surface area (Å²) in [4.78, 5) is 23.0. The molecule has 1 aliphatic carbocycles. The Labute approximate surface area is 134 Å². The average Bonchev–Trinajstić information content (AvgIpc) is 3.02. The summed E-state index contributed by atoms with van der Waals surface area (Å²) in [6, 6.07) is -0.00741. The first-order valence-electron chi connectivity index (χ1n) is 8.40. The molecule has 0 aromatic carbocycles. The Morgan fingerprint density at radius 3 is 3.04 bits per heavy atom. The van der Waals surface area contributed by atoms with Crippen molar-refractivity contribution in [2.75, 3.05) is 6.54 Å². The van der Waals surface area contributed by atoms with Crippen LogP contribution in [0.2, 0.25) is 0 Å². The van der Waals surface area contributed by atoms with E-state index in [1.807, 2.05) is 15.7 Å². The SMILES string of the molecule is O=C(CCCn1ccnc1)N1CCC[C@@H]1c1noc(C2CC2)n1. The van der Waals surface area contributed by atoms with Crippen LogP contribution in [0.3, 0.4) is 0 Å². The van der Waals surface area contributed by atoms with Gasteiger partial charge in [0, 0.05) is 37.8 Å². The Morgan fingerprint density at radius 1 is 1.35 bits per heavy atom. The molecule has 23 heavy (non-hydrogen) atoms. The van der Waals surface area contributed by atoms with E-state index in [4.69, 9.17) is 4.52 Å². The molecular formula is C16H21N5O2. The zero-order valence-electron chi connectivity index (χ0n) is 13.1. The number of carbonyl (C=O) groups excluding carboxylic acids is 1. The molecule has 7 heteroatoms. The molecule has 122 valence electrons. The molecule has 1 saturated heterocycles. The van der Waals surface area contributed by atoms with E-state index in [1.54, 1.807) is 12.5 Å². The molecule has 4 rings (SSSR count). The summed E-state index contributed by atoms with van der Waals surface area (Å²) in [7, 11) is 0. The number of likely N-dealkylation sites (tertiary alicyclic amines) is 1. The summed E-state index contributed by atoms with van der Waals surface area (Å²) in [6.07, 6.45) is 11.0. The van der Waals surface area contributed by atoms with Gasteiger partial charge in [0.2, 0.25) is 11.8 Å². The Bertz CT molecular complexity index is 662. The van der Waals surface area contributed by atoms with Crippen LogP contribution in [0.1, 0.15) is 62.2 Å². The van der Waals surface area contributed by atoms with Gasteiger partial charge in [0.15, 0.2) is 5.82 Å². The minimum absolute atomic E-state index is 0.00741. The first-order chi connectivity index (χ1) is 11.3. The fourth-order valence-corrected chi connectivity index (χ4v) is 3.19. The summed E-state index contributed by atoms with van der Waals surface area (Å²) < 4.78 is 7.35. The van der Waals surface area contributed by atoms with E-state index in [1.165, 1.54) is 0 Å². The molecule has 1 saturated carbocycles. The third-order valence-corrected chi connectivity index (χ3v) is 4.62. The van der Waals surface area contributed by atoms with E-state index in [9.17, 15) is 4.79 Å². The van der Waals surface area contributed by atoms with E-state index in [0.717, 1.165) is 51.1 Å². The van der Waals surface area contributed by atoms with Crippen LogP contribution in [-0.2, 0) is 11.3 Å². The van der Waals surface area contributed by atoms with Crippen molar-refractivity contribution in [1.29, 1.82) is 0 Å². The molecule has 2 aromatic rings. The molecule has 2 fully saturated rings. The van der Waals surface area contributed by atoms with E-state index < -0.39 is 0 Å². The minimum atomic E-state index is -0.00741. The second-order valence-corrected chi connectivity index (χ2v) is 6.41. The molecule has 0 unspecified atom stereocenters. The van der Waals surface area contributed by atoms with Crippen LogP contribution in [0.4, 0.5) is 0 Å². The highest BCUT2D eigenvalue weighted by Gasteiger charge is 2.35. The maximum absolute atomic E-state index is 12.5. The molecule has 1 amide bonds. The summed E-state index contributed by atoms with van der Waals surface area (Å²) in [5.74, 6) is 2.08. The molecule has 1 aliphatic heterocycles. The van der Waals surface area contributed by atoms with Gasteiger partial charge in [0.25, 0.3) is 0 Å². The summed E-state index contributed by atoms with van der Waals surface area (Å²) in [5.41, 5.74) is 0. The van der Waals surface area contributed by atoms with Crippen molar-refractivity contribution in [2.24, 2.45) is 0 Å². The van der Waals surface area contributed by atoms with Gasteiger partial charge in [0.05, 0.1) is 12.4 Å². The van der Waals surface area contributed by atoms with Crippen LogP contribution in [0.15, 0.2) is 23.2 Å². The fraction of sp³-hybridized carbons (Fsp3) is 0.625. The van der Waals surface area contributed by atoms with Crippen molar-refractivity contribution >= 4 is 5.91 Å². The predicted molar refractivity (Wildman–Crippen MR) is 81.4 cm³/mol. The highest BCUT2D eigenvalue weighted by molar-refractivity contribution is 5.76. The van der Waals surface area contributed by atoms with E-state index in [-0.39, 0.29) is 11.9 Å². The number of nitrogens with zero attached hydrogens (tertiary/aromatic N) is 5. The quantitative estimate of drug-likeness (QED) is 0.817. The Balaban J connectivity index is 1.35. The minimum Gasteiger partial charge on any atom is -0.339 e. The van der Waals surface area contributed by atoms with Crippen LogP contribution in [0, 0.1) is 0 Å². The lowest BCUT2D eigenvalue weighted by Crippen LogP contribution is -2.31. The van der Waals surface area contributed by atoms with Crippen molar-refractivity contribution in [1.82, 2.24) is 24.6 Å². The lowest BCUT2D eigenvalue weighted by Gasteiger charge is -2.22. The van der Waals surface area contributed by atoms with Crippen LogP contribution in [-0.4, -0.2) is 37.0 Å². The zero-order valence-corrected chi connectivity index (χ0v) is 13.1. The Morgan fingerprint density at radius 2 is 2.26 bits per heavy atom. The number of aromatic nitrogens is 4. The molecule has 3 heterocycles. The number of aryl methyl sites for hydroxylation is 1. The van der Waals surface area contributed by atoms with Crippen molar-refractivity contribution in [3.8, 4) is 0 Å². The molecule has 1 atom stereocenters. The summed E-state index contributed by atoms with van der Waals surface area (Å²) in [5, 5.41) is 4.12. The summed E-state index contributed by atoms with van der Waals surface area (Å²) >= 11 is 0. The number of amides is 1. The summed E-state index contributed by atoms with van der Waals surface area (Å²) in [6.45, 7) is 1.61. The van der Waals surface area contributed by atoms with Gasteiger partial charge in [0.1, 0.15) is 0 Å². The highest BCUT2D eigenvalue weighted by Crippen LogP contribution is 2.40. The third kappa shape index (κ3) is 3.13. The maximum Gasteiger partial charge on any atom is 0.229 e. The monoisotopic (exact) mass is 315 g/mol. The van der Waals surface area contributed by atoms with Crippen molar-refractivity contribution < 1.29 is 9.32 Å². The molecule has 2 aliphatic rings. The van der Waals surface area contributed by atoms with Crippen LogP contribution in [0.25, 0.3) is 0 Å². The van der Waals surface area contributed by atoms with Gasteiger partial charge in [-0.15, -0.1) is 0 Å². The Hall–Kier alpha value is -2.18. The molecule has 7 nitrogen and oxygen atoms in total. The van der Waals surface area contributed by atoms with Crippen LogP contribution < -0.4 is 0 Å². The number of rotatable bonds is 6. The van der Waals surface area contributed by atoms with Crippen molar-refractivity contribution in [3.05, 3.63) is 30.4 Å². The smallest absolute Gasteiger partial charge is 0.229 e. The molecule has 0 N–H and O–H groups in total. The van der Waals surface area contributed by atoms with Gasteiger partial charge < -0.3 is 14.0 Å². The lowest BCUT2D eigenvalue weighted by atomic mass is 10.2. The number of hydrogen-bond acceptors (Lipinski definition) is 5. The highest BCUT2D eigenvalue weighted by atomic mass is 16.5. The molecule has 0 radical (unpaired) electrons. The molecule has 2 aromatic heterocycles. The van der Waals surface area contributed by atoms with Gasteiger partial charge in [-0.3, -0.25) is 4.79 Å². The standard InChI is InChI=1S/C16H21N5O2/c22-14(4-2-8-20-10-7-17-11-20)21-9-1-3-13(21)15-18-16(23-19-15)12-5-6-12/h7,10-13H,1-6,8-9H2/t13-/m1/s1. The van der Waals surface area contributed by atoms with Gasteiger partial charge >= 0.3 is 0 Å². The Kier molecular flexibility index (Phi) is 3.85. The largest absolute Gasteiger partial charge is 0.339 e. The predicted octanol–water partition coefficient (Wildman–Crippen LogP) is 2.29. The normalized spacial score (nSPS) is 21.0. The number of carbonyl (C=O) groups is 1. The fourth-order valence-electron chi connectivity index (χ4n) is 3.19. The lowest BCUT2D eigenvalue weighted by molar-refractivity contribution is -0.132. The topological polar surface area (TPSA) is 77.0 Å². The van der Waals surface area contributed by atoms with Crippen molar-refractivity contribution in [2.45, 2.75) is 57.0 Å². The molecule has 0 spiro atoms. The average molecular weight is 315 g/mol. The van der Waals surface area contributed by atoms with Crippen LogP contribution >= 0.6 is 0 Å². The van der Waals surface area contributed by atoms with Gasteiger partial charge in [-0.2, -0.15) is 4.98 Å². The first-order valence-corrected chi connectivity index (χ1v) is 8.40. The third-order valence-electron chi connectivity index (χ3n) is 4.62. The van der Waals surface area contributed by atoms with Gasteiger partial charge in [-0.05, 0) is 32.1 Å². The van der Waals surface area contributed by atoms with E-state index in [2.05, 4.69) is 15.1 Å². The van der Waals surface area contributed by atoms with Gasteiger partial charge in [-0.1, -0.05) is 5.16 Å². The molecular weight excluding hydrogens is 294 g/mol. The zero-order chi connectivity index (χ0) is 15.6. The van der Waals surface area contributed by atoms with E-state index >= 15 is 0 Å². The van der Waals surface area contributed by atoms with Gasteiger partial charge in [-0.25, -0.2) is 4.98 Å². The van der Waals surface area contributed by atoms with E-state index in [0.29, 0.717) is 18.2 Å². The maximum atomic E-state index is 12.5. The first kappa shape index (κ1) is 14.4. The second kappa shape index (κ2) is 6.14.